The largest absolute Gasteiger partial charge is 0.368 e. The number of nitrogens with two attached hydrogens (primary N) is 1. The lowest BCUT2D eigenvalue weighted by Gasteiger charge is -2.05. The highest BCUT2D eigenvalue weighted by molar-refractivity contribution is 5.85. The SMILES string of the molecule is CCCCCCCCCCCCCNCC(=O)NCC(N)=O.Cl. The number of carbonyl (C=O) groups excluding carboxylic acids is 2. The number of primary amides is 1. The maximum absolute atomic E-state index is 11.3. The molecule has 0 aliphatic carbocycles. The van der Waals surface area contributed by atoms with Crippen molar-refractivity contribution in [2.75, 3.05) is 19.6 Å². The van der Waals surface area contributed by atoms with Crippen LogP contribution in [0.2, 0.25) is 0 Å². The maximum atomic E-state index is 11.3. The summed E-state index contributed by atoms with van der Waals surface area (Å²) < 4.78 is 0. The van der Waals surface area contributed by atoms with E-state index >= 15 is 0 Å². The quantitative estimate of drug-likeness (QED) is 0.374. The van der Waals surface area contributed by atoms with E-state index in [1.165, 1.54) is 64.2 Å². The van der Waals surface area contributed by atoms with Gasteiger partial charge in [0.2, 0.25) is 11.8 Å². The summed E-state index contributed by atoms with van der Waals surface area (Å²) in [5.41, 5.74) is 4.94. The molecule has 138 valence electrons. The number of rotatable bonds is 16. The van der Waals surface area contributed by atoms with E-state index < -0.39 is 5.91 Å². The molecule has 4 N–H and O–H groups in total. The Kier molecular flexibility index (Phi) is 20.4. The summed E-state index contributed by atoms with van der Waals surface area (Å²) in [6.07, 6.45) is 14.5. The lowest BCUT2D eigenvalue weighted by atomic mass is 10.1. The van der Waals surface area contributed by atoms with Crippen LogP contribution in [0.1, 0.15) is 77.6 Å². The van der Waals surface area contributed by atoms with Crippen LogP contribution in [0.3, 0.4) is 0 Å². The number of carbonyl (C=O) groups is 2. The molecular weight excluding hydrogens is 314 g/mol. The molecule has 23 heavy (non-hydrogen) atoms. The smallest absolute Gasteiger partial charge is 0.236 e. The molecular formula is C17H36ClN3O2. The van der Waals surface area contributed by atoms with E-state index in [0.717, 1.165) is 13.0 Å². The summed E-state index contributed by atoms with van der Waals surface area (Å²) in [5, 5.41) is 5.52. The molecule has 0 atom stereocenters. The maximum Gasteiger partial charge on any atom is 0.236 e. The topological polar surface area (TPSA) is 84.2 Å². The number of hydrogen-bond acceptors (Lipinski definition) is 3. The van der Waals surface area contributed by atoms with Crippen LogP contribution in [0.4, 0.5) is 0 Å². The number of nitrogens with one attached hydrogen (secondary N) is 2. The molecule has 5 nitrogen and oxygen atoms in total. The van der Waals surface area contributed by atoms with Crippen LogP contribution in [0.25, 0.3) is 0 Å². The number of unbranched alkanes of at least 4 members (excludes halogenated alkanes) is 10. The first-order valence-electron chi connectivity index (χ1n) is 8.92. The zero-order valence-corrected chi connectivity index (χ0v) is 15.5. The highest BCUT2D eigenvalue weighted by Gasteiger charge is 2.01. The minimum atomic E-state index is -0.515. The van der Waals surface area contributed by atoms with Crippen molar-refractivity contribution in [2.24, 2.45) is 5.73 Å². The molecule has 0 bridgehead atoms. The Labute approximate surface area is 147 Å². The van der Waals surface area contributed by atoms with Gasteiger partial charge in [-0.2, -0.15) is 0 Å². The lowest BCUT2D eigenvalue weighted by molar-refractivity contribution is -0.124. The summed E-state index contributed by atoms with van der Waals surface area (Å²) in [7, 11) is 0. The standard InChI is InChI=1S/C17H35N3O2.ClH/c1-2-3-4-5-6-7-8-9-10-11-12-13-19-15-17(22)20-14-16(18)21;/h19H,2-15H2,1H3,(H2,18,21)(H,20,22);1H. The third kappa shape index (κ3) is 21.2. The second kappa shape index (κ2) is 19.2. The molecule has 0 rings (SSSR count). The molecule has 0 aromatic heterocycles. The first kappa shape index (κ1) is 24.4. The van der Waals surface area contributed by atoms with Crippen LogP contribution in [-0.2, 0) is 9.59 Å². The average Bonchev–Trinajstić information content (AvgIpc) is 2.49. The molecule has 2 amide bonds. The van der Waals surface area contributed by atoms with Gasteiger partial charge < -0.3 is 16.4 Å². The van der Waals surface area contributed by atoms with Gasteiger partial charge in [-0.1, -0.05) is 71.1 Å². The molecule has 0 heterocycles. The molecule has 0 aliphatic rings. The summed E-state index contributed by atoms with van der Waals surface area (Å²) in [6, 6.07) is 0. The Hall–Kier alpha value is -0.810. The van der Waals surface area contributed by atoms with Crippen molar-refractivity contribution in [1.82, 2.24) is 10.6 Å². The summed E-state index contributed by atoms with van der Waals surface area (Å²) in [6.45, 7) is 3.27. The number of hydrogen-bond donors (Lipinski definition) is 3. The zero-order valence-electron chi connectivity index (χ0n) is 14.7. The van der Waals surface area contributed by atoms with E-state index in [9.17, 15) is 9.59 Å². The molecule has 0 fully saturated rings. The first-order valence-corrected chi connectivity index (χ1v) is 8.92. The molecule has 0 unspecified atom stereocenters. The van der Waals surface area contributed by atoms with Gasteiger partial charge >= 0.3 is 0 Å². The summed E-state index contributed by atoms with van der Waals surface area (Å²) in [4.78, 5) is 21.7. The van der Waals surface area contributed by atoms with Gasteiger partial charge in [0, 0.05) is 0 Å². The van der Waals surface area contributed by atoms with Crippen molar-refractivity contribution < 1.29 is 9.59 Å². The van der Waals surface area contributed by atoms with Gasteiger partial charge in [-0.25, -0.2) is 0 Å². The van der Waals surface area contributed by atoms with Crippen molar-refractivity contribution in [2.45, 2.75) is 77.6 Å². The van der Waals surface area contributed by atoms with Gasteiger partial charge in [0.15, 0.2) is 0 Å². The second-order valence-corrected chi connectivity index (χ2v) is 5.96. The Balaban J connectivity index is 0. The Bertz CT molecular complexity index is 289. The minimum absolute atomic E-state index is 0. The van der Waals surface area contributed by atoms with Crippen LogP contribution in [0, 0.1) is 0 Å². The second-order valence-electron chi connectivity index (χ2n) is 5.96. The Morgan fingerprint density at radius 3 is 1.74 bits per heavy atom. The normalized spacial score (nSPS) is 10.1. The van der Waals surface area contributed by atoms with Gasteiger partial charge in [0.25, 0.3) is 0 Å². The molecule has 0 aromatic carbocycles. The fourth-order valence-electron chi connectivity index (χ4n) is 2.36. The van der Waals surface area contributed by atoms with Crippen LogP contribution in [-0.4, -0.2) is 31.4 Å². The summed E-state index contributed by atoms with van der Waals surface area (Å²) in [5.74, 6) is -0.694. The molecule has 6 heteroatoms. The van der Waals surface area contributed by atoms with Gasteiger partial charge in [-0.3, -0.25) is 9.59 Å². The highest BCUT2D eigenvalue weighted by Crippen LogP contribution is 2.10. The van der Waals surface area contributed by atoms with Crippen molar-refractivity contribution >= 4 is 24.2 Å². The lowest BCUT2D eigenvalue weighted by Crippen LogP contribution is -2.39. The molecule has 0 saturated carbocycles. The van der Waals surface area contributed by atoms with Crippen LogP contribution in [0.15, 0.2) is 0 Å². The van der Waals surface area contributed by atoms with Gasteiger partial charge in [-0.05, 0) is 13.0 Å². The monoisotopic (exact) mass is 349 g/mol. The fraction of sp³-hybridized carbons (Fsp3) is 0.882. The van der Waals surface area contributed by atoms with Crippen molar-refractivity contribution in [3.8, 4) is 0 Å². The Morgan fingerprint density at radius 2 is 1.26 bits per heavy atom. The molecule has 0 saturated heterocycles. The Morgan fingerprint density at radius 1 is 0.783 bits per heavy atom. The zero-order chi connectivity index (χ0) is 16.5. The molecule has 0 radical (unpaired) electrons. The molecule has 0 aromatic rings. The van der Waals surface area contributed by atoms with E-state index in [2.05, 4.69) is 17.6 Å². The fourth-order valence-corrected chi connectivity index (χ4v) is 2.36. The van der Waals surface area contributed by atoms with Crippen molar-refractivity contribution in [1.29, 1.82) is 0 Å². The van der Waals surface area contributed by atoms with Crippen molar-refractivity contribution in [3.63, 3.8) is 0 Å². The third-order valence-corrected chi connectivity index (χ3v) is 3.70. The molecule has 0 spiro atoms. The highest BCUT2D eigenvalue weighted by atomic mass is 35.5. The van der Waals surface area contributed by atoms with E-state index in [-0.39, 0.29) is 31.4 Å². The van der Waals surface area contributed by atoms with Gasteiger partial charge in [0.1, 0.15) is 0 Å². The molecule has 0 aliphatic heterocycles. The van der Waals surface area contributed by atoms with E-state index in [0.29, 0.717) is 0 Å². The van der Waals surface area contributed by atoms with Gasteiger partial charge in [0.05, 0.1) is 13.1 Å². The van der Waals surface area contributed by atoms with Gasteiger partial charge in [-0.15, -0.1) is 12.4 Å². The average molecular weight is 350 g/mol. The predicted molar refractivity (Wildman–Crippen MR) is 98.8 cm³/mol. The van der Waals surface area contributed by atoms with Crippen LogP contribution >= 0.6 is 12.4 Å². The summed E-state index contributed by atoms with van der Waals surface area (Å²) >= 11 is 0. The first-order chi connectivity index (χ1) is 10.7. The van der Waals surface area contributed by atoms with E-state index in [1.807, 2.05) is 0 Å². The minimum Gasteiger partial charge on any atom is -0.368 e. The number of halogens is 1. The van der Waals surface area contributed by atoms with Crippen LogP contribution < -0.4 is 16.4 Å². The van der Waals surface area contributed by atoms with E-state index in [1.54, 1.807) is 0 Å². The van der Waals surface area contributed by atoms with E-state index in [4.69, 9.17) is 5.73 Å². The number of amides is 2. The third-order valence-electron chi connectivity index (χ3n) is 3.70. The van der Waals surface area contributed by atoms with Crippen molar-refractivity contribution in [3.05, 3.63) is 0 Å². The van der Waals surface area contributed by atoms with Crippen LogP contribution in [0.5, 0.6) is 0 Å². The predicted octanol–water partition coefficient (Wildman–Crippen LogP) is 2.91.